The third kappa shape index (κ3) is 19.0. The number of carbonyl (C=O) groups excluding carboxylic acids is 2. The molecule has 276 valence electrons. The van der Waals surface area contributed by atoms with E-state index in [1.165, 1.54) is 167 Å². The number of unbranched alkanes of at least 4 members (excludes halogenated alkanes) is 28. The van der Waals surface area contributed by atoms with Crippen LogP contribution in [0.25, 0.3) is 0 Å². The van der Waals surface area contributed by atoms with Crippen molar-refractivity contribution in [1.29, 1.82) is 0 Å². The van der Waals surface area contributed by atoms with Crippen molar-refractivity contribution in [1.82, 2.24) is 0 Å². The maximum atomic E-state index is 13.2. The fourth-order valence-electron chi connectivity index (χ4n) is 7.75. The number of esters is 2. The van der Waals surface area contributed by atoms with Crippen LogP contribution in [0.3, 0.4) is 0 Å². The molecule has 0 saturated carbocycles. The molecule has 0 aromatic heterocycles. The van der Waals surface area contributed by atoms with E-state index in [0.717, 1.165) is 32.1 Å². The van der Waals surface area contributed by atoms with Gasteiger partial charge in [-0.25, -0.2) is 4.79 Å². The summed E-state index contributed by atoms with van der Waals surface area (Å²) in [5, 5.41) is 0. The van der Waals surface area contributed by atoms with Crippen molar-refractivity contribution in [3.63, 3.8) is 0 Å². The number of fused-ring (bicyclic) bond motifs is 2. The van der Waals surface area contributed by atoms with Gasteiger partial charge >= 0.3 is 11.9 Å². The van der Waals surface area contributed by atoms with E-state index in [0.29, 0.717) is 26.1 Å². The predicted molar refractivity (Wildman–Crippen MR) is 197 cm³/mol. The van der Waals surface area contributed by atoms with Crippen LogP contribution < -0.4 is 0 Å². The molecule has 0 N–H and O–H groups in total. The standard InChI is InChI=1S/C42H78O5/c1-3-5-7-9-11-13-15-17-19-21-23-25-27-29-31-35-45-40(43)39-37-38-33-34-42(39,47-38)41(44)46-36-32-30-28-26-24-22-20-18-16-14-12-10-8-6-4-2/h38-39H,3-37H2,1-2H3. The lowest BCUT2D eigenvalue weighted by atomic mass is 9.78. The van der Waals surface area contributed by atoms with Crippen molar-refractivity contribution >= 4 is 11.9 Å². The van der Waals surface area contributed by atoms with Gasteiger partial charge in [-0.3, -0.25) is 4.79 Å². The first-order valence-electron chi connectivity index (χ1n) is 21.2. The summed E-state index contributed by atoms with van der Waals surface area (Å²) in [6.07, 6.45) is 41.4. The van der Waals surface area contributed by atoms with Crippen LogP contribution in [0.15, 0.2) is 0 Å². The smallest absolute Gasteiger partial charge is 0.339 e. The zero-order valence-corrected chi connectivity index (χ0v) is 31.4. The molecule has 2 fully saturated rings. The fourth-order valence-corrected chi connectivity index (χ4v) is 7.75. The summed E-state index contributed by atoms with van der Waals surface area (Å²) in [5.41, 5.74) is -1.10. The Morgan fingerprint density at radius 3 is 1.21 bits per heavy atom. The molecule has 0 aromatic rings. The molecule has 0 aliphatic carbocycles. The second-order valence-electron chi connectivity index (χ2n) is 15.2. The third-order valence-corrected chi connectivity index (χ3v) is 10.9. The summed E-state index contributed by atoms with van der Waals surface area (Å²) in [4.78, 5) is 26.2. The Balaban J connectivity index is 1.42. The van der Waals surface area contributed by atoms with Gasteiger partial charge in [0.2, 0.25) is 0 Å². The van der Waals surface area contributed by atoms with Crippen LogP contribution in [0.1, 0.15) is 226 Å². The van der Waals surface area contributed by atoms with Crippen molar-refractivity contribution in [3.8, 4) is 0 Å². The van der Waals surface area contributed by atoms with E-state index in [2.05, 4.69) is 13.8 Å². The van der Waals surface area contributed by atoms with Crippen LogP contribution >= 0.6 is 0 Å². The van der Waals surface area contributed by atoms with Crippen LogP contribution in [-0.2, 0) is 23.8 Å². The molecule has 5 nitrogen and oxygen atoms in total. The zero-order valence-electron chi connectivity index (χ0n) is 31.4. The molecule has 0 radical (unpaired) electrons. The summed E-state index contributed by atoms with van der Waals surface area (Å²) < 4.78 is 17.5. The predicted octanol–water partition coefficient (Wildman–Crippen LogP) is 12.8. The summed E-state index contributed by atoms with van der Waals surface area (Å²) in [6, 6.07) is 0. The highest BCUT2D eigenvalue weighted by Gasteiger charge is 2.62. The van der Waals surface area contributed by atoms with Crippen molar-refractivity contribution < 1.29 is 23.8 Å². The van der Waals surface area contributed by atoms with Gasteiger partial charge < -0.3 is 14.2 Å². The normalized spacial score (nSPS) is 20.2. The molecule has 2 saturated heterocycles. The Hall–Kier alpha value is -1.10. The molecule has 2 bridgehead atoms. The summed E-state index contributed by atoms with van der Waals surface area (Å²) in [5.74, 6) is -1.11. The van der Waals surface area contributed by atoms with E-state index in [4.69, 9.17) is 14.2 Å². The highest BCUT2D eigenvalue weighted by molar-refractivity contribution is 5.89. The number of carbonyl (C=O) groups is 2. The van der Waals surface area contributed by atoms with Crippen LogP contribution in [0.5, 0.6) is 0 Å². The third-order valence-electron chi connectivity index (χ3n) is 10.9. The molecule has 3 atom stereocenters. The molecule has 2 aliphatic rings. The average molecular weight is 663 g/mol. The summed E-state index contributed by atoms with van der Waals surface area (Å²) >= 11 is 0. The molecule has 2 heterocycles. The molecule has 0 aromatic carbocycles. The minimum atomic E-state index is -1.10. The molecular formula is C42H78O5. The topological polar surface area (TPSA) is 61.8 Å². The van der Waals surface area contributed by atoms with Crippen LogP contribution in [-0.4, -0.2) is 36.9 Å². The first-order valence-corrected chi connectivity index (χ1v) is 21.2. The van der Waals surface area contributed by atoms with Gasteiger partial charge in [0.25, 0.3) is 0 Å². The van der Waals surface area contributed by atoms with Crippen LogP contribution in [0.4, 0.5) is 0 Å². The van der Waals surface area contributed by atoms with Gasteiger partial charge in [0.1, 0.15) is 0 Å². The first-order chi connectivity index (χ1) is 23.1. The van der Waals surface area contributed by atoms with Gasteiger partial charge in [-0.2, -0.15) is 0 Å². The lowest BCUT2D eigenvalue weighted by Gasteiger charge is -2.29. The maximum absolute atomic E-state index is 13.2. The van der Waals surface area contributed by atoms with Gasteiger partial charge in [0.15, 0.2) is 5.60 Å². The Kier molecular flexibility index (Phi) is 25.7. The highest BCUT2D eigenvalue weighted by atomic mass is 16.6. The Morgan fingerprint density at radius 2 is 0.851 bits per heavy atom. The lowest BCUT2D eigenvalue weighted by molar-refractivity contribution is -0.176. The highest BCUT2D eigenvalue weighted by Crippen LogP contribution is 2.49. The van der Waals surface area contributed by atoms with Crippen molar-refractivity contribution in [2.45, 2.75) is 237 Å². The molecule has 47 heavy (non-hydrogen) atoms. The molecular weight excluding hydrogens is 584 g/mol. The minimum Gasteiger partial charge on any atom is -0.465 e. The van der Waals surface area contributed by atoms with Crippen molar-refractivity contribution in [2.75, 3.05) is 13.2 Å². The molecule has 0 amide bonds. The molecule has 2 aliphatic heterocycles. The van der Waals surface area contributed by atoms with E-state index in [-0.39, 0.29) is 18.0 Å². The van der Waals surface area contributed by atoms with Gasteiger partial charge in [0.05, 0.1) is 25.2 Å². The van der Waals surface area contributed by atoms with Crippen LogP contribution in [0, 0.1) is 5.92 Å². The monoisotopic (exact) mass is 663 g/mol. The molecule has 2 rings (SSSR count). The maximum Gasteiger partial charge on any atom is 0.339 e. The second kappa shape index (κ2) is 28.7. The second-order valence-corrected chi connectivity index (χ2v) is 15.2. The van der Waals surface area contributed by atoms with E-state index in [1.54, 1.807) is 0 Å². The fraction of sp³-hybridized carbons (Fsp3) is 0.952. The molecule has 0 spiro atoms. The van der Waals surface area contributed by atoms with E-state index in [9.17, 15) is 9.59 Å². The number of hydrogen-bond acceptors (Lipinski definition) is 5. The van der Waals surface area contributed by atoms with Crippen LogP contribution in [0.2, 0.25) is 0 Å². The van der Waals surface area contributed by atoms with Gasteiger partial charge in [-0.1, -0.05) is 194 Å². The van der Waals surface area contributed by atoms with E-state index in [1.807, 2.05) is 0 Å². The minimum absolute atomic E-state index is 0.0170. The Labute approximate surface area is 291 Å². The van der Waals surface area contributed by atoms with Gasteiger partial charge in [-0.05, 0) is 32.1 Å². The van der Waals surface area contributed by atoms with E-state index >= 15 is 0 Å². The number of hydrogen-bond donors (Lipinski definition) is 0. The zero-order chi connectivity index (χ0) is 33.7. The van der Waals surface area contributed by atoms with Crippen molar-refractivity contribution in [3.05, 3.63) is 0 Å². The largest absolute Gasteiger partial charge is 0.465 e. The molecule has 5 heteroatoms. The first kappa shape index (κ1) is 42.1. The lowest BCUT2D eigenvalue weighted by Crippen LogP contribution is -2.47. The number of ether oxygens (including phenoxy) is 3. The summed E-state index contributed by atoms with van der Waals surface area (Å²) in [6.45, 7) is 5.43. The Morgan fingerprint density at radius 1 is 0.511 bits per heavy atom. The molecule has 3 unspecified atom stereocenters. The van der Waals surface area contributed by atoms with E-state index < -0.39 is 11.5 Å². The quantitative estimate of drug-likeness (QED) is 0.0507. The summed E-state index contributed by atoms with van der Waals surface area (Å²) in [7, 11) is 0. The number of rotatable bonds is 34. The van der Waals surface area contributed by atoms with Crippen molar-refractivity contribution in [2.24, 2.45) is 5.92 Å². The Bertz CT molecular complexity index is 753. The van der Waals surface area contributed by atoms with Gasteiger partial charge in [-0.15, -0.1) is 0 Å². The van der Waals surface area contributed by atoms with Gasteiger partial charge in [0, 0.05) is 0 Å². The SMILES string of the molecule is CCCCCCCCCCCCCCCCCOC(=O)C1CC2CCC1(C(=O)OCCCCCCCCCCCCCCCCC)O2. The average Bonchev–Trinajstić information content (AvgIpc) is 3.68.